The molecule has 0 amide bonds. The first-order chi connectivity index (χ1) is 14.7. The van der Waals surface area contributed by atoms with Gasteiger partial charge in [-0.3, -0.25) is 9.88 Å². The van der Waals surface area contributed by atoms with Crippen molar-refractivity contribution in [2.75, 3.05) is 6.54 Å². The van der Waals surface area contributed by atoms with Crippen molar-refractivity contribution in [3.05, 3.63) is 88.6 Å². The summed E-state index contributed by atoms with van der Waals surface area (Å²) in [6.07, 6.45) is 4.51. The minimum absolute atomic E-state index is 0.948. The summed E-state index contributed by atoms with van der Waals surface area (Å²) in [7, 11) is 0. The molecule has 0 N–H and O–H groups in total. The van der Waals surface area contributed by atoms with E-state index in [4.69, 9.17) is 4.98 Å². The summed E-state index contributed by atoms with van der Waals surface area (Å²) in [5, 5.41) is 0. The maximum atomic E-state index is 5.07. The molecule has 1 aromatic heterocycles. The molecule has 0 unspecified atom stereocenters. The molecule has 0 spiro atoms. The number of aryl methyl sites for hydroxylation is 3. The quantitative estimate of drug-likeness (QED) is 0.365. The van der Waals surface area contributed by atoms with Crippen LogP contribution in [0.4, 0.5) is 0 Å². The Bertz CT molecular complexity index is 908. The SMILES string of the molecule is CCCCN(Cc1ccccc1)Cc1ccc(-c2c(CC)cccc2CC)nc1C. The molecule has 3 rings (SSSR count). The van der Waals surface area contributed by atoms with E-state index in [-0.39, 0.29) is 0 Å². The van der Waals surface area contributed by atoms with Gasteiger partial charge in [0.2, 0.25) is 0 Å². The number of rotatable bonds is 10. The number of unbranched alkanes of at least 4 members (excludes halogenated alkanes) is 1. The summed E-state index contributed by atoms with van der Waals surface area (Å²) >= 11 is 0. The van der Waals surface area contributed by atoms with Gasteiger partial charge in [-0.2, -0.15) is 0 Å². The highest BCUT2D eigenvalue weighted by Crippen LogP contribution is 2.28. The lowest BCUT2D eigenvalue weighted by Crippen LogP contribution is -2.24. The molecule has 158 valence electrons. The monoisotopic (exact) mass is 400 g/mol. The standard InChI is InChI=1S/C28H36N2/c1-5-8-19-30(20-23-13-10-9-11-14-23)21-26-17-18-27(29-22(26)4)28-24(6-2)15-12-16-25(28)7-3/h9-18H,5-8,19-21H2,1-4H3. The van der Waals surface area contributed by atoms with Gasteiger partial charge >= 0.3 is 0 Å². The fraction of sp³-hybridized carbons (Fsp3) is 0.393. The Hall–Kier alpha value is -2.45. The van der Waals surface area contributed by atoms with Gasteiger partial charge in [-0.15, -0.1) is 0 Å². The van der Waals surface area contributed by atoms with Crippen LogP contribution in [0.5, 0.6) is 0 Å². The fourth-order valence-corrected chi connectivity index (χ4v) is 4.15. The van der Waals surface area contributed by atoms with E-state index < -0.39 is 0 Å². The second kappa shape index (κ2) is 11.1. The lowest BCUT2D eigenvalue weighted by atomic mass is 9.94. The van der Waals surface area contributed by atoms with E-state index in [0.29, 0.717) is 0 Å². The Morgan fingerprint density at radius 2 is 1.43 bits per heavy atom. The molecule has 0 aliphatic heterocycles. The first kappa shape index (κ1) is 22.2. The fourth-order valence-electron chi connectivity index (χ4n) is 4.15. The van der Waals surface area contributed by atoms with Crippen molar-refractivity contribution in [3.8, 4) is 11.3 Å². The summed E-state index contributed by atoms with van der Waals surface area (Å²) in [5.74, 6) is 0. The largest absolute Gasteiger partial charge is 0.295 e. The molecule has 0 saturated carbocycles. The van der Waals surface area contributed by atoms with Gasteiger partial charge in [0.15, 0.2) is 0 Å². The molecule has 1 heterocycles. The molecule has 2 aromatic carbocycles. The molecule has 0 atom stereocenters. The Morgan fingerprint density at radius 1 is 0.733 bits per heavy atom. The minimum atomic E-state index is 0.948. The van der Waals surface area contributed by atoms with Gasteiger partial charge in [-0.1, -0.05) is 81.8 Å². The molecule has 0 aliphatic carbocycles. The molecule has 2 heteroatoms. The highest BCUT2D eigenvalue weighted by atomic mass is 15.1. The van der Waals surface area contributed by atoms with E-state index in [0.717, 1.165) is 43.9 Å². The minimum Gasteiger partial charge on any atom is -0.295 e. The number of pyridine rings is 1. The Kier molecular flexibility index (Phi) is 8.21. The lowest BCUT2D eigenvalue weighted by molar-refractivity contribution is 0.252. The maximum Gasteiger partial charge on any atom is 0.0710 e. The Labute approximate surface area is 183 Å². The number of hydrogen-bond donors (Lipinski definition) is 0. The zero-order chi connectivity index (χ0) is 21.3. The van der Waals surface area contributed by atoms with Gasteiger partial charge in [0, 0.05) is 24.3 Å². The molecular formula is C28H36N2. The highest BCUT2D eigenvalue weighted by molar-refractivity contribution is 5.68. The number of nitrogens with zero attached hydrogens (tertiary/aromatic N) is 2. The van der Waals surface area contributed by atoms with Crippen molar-refractivity contribution in [3.63, 3.8) is 0 Å². The third kappa shape index (κ3) is 5.58. The molecule has 0 saturated heterocycles. The Balaban J connectivity index is 1.85. The summed E-state index contributed by atoms with van der Waals surface area (Å²) < 4.78 is 0. The van der Waals surface area contributed by atoms with Crippen molar-refractivity contribution in [1.82, 2.24) is 9.88 Å². The van der Waals surface area contributed by atoms with Crippen molar-refractivity contribution in [2.24, 2.45) is 0 Å². The van der Waals surface area contributed by atoms with Gasteiger partial charge in [0.1, 0.15) is 0 Å². The zero-order valence-electron chi connectivity index (χ0n) is 19.1. The van der Waals surface area contributed by atoms with Crippen molar-refractivity contribution in [1.29, 1.82) is 0 Å². The maximum absolute atomic E-state index is 5.07. The van der Waals surface area contributed by atoms with Crippen LogP contribution in [-0.4, -0.2) is 16.4 Å². The second-order valence-electron chi connectivity index (χ2n) is 8.15. The van der Waals surface area contributed by atoms with Crippen LogP contribution in [0.3, 0.4) is 0 Å². The summed E-state index contributed by atoms with van der Waals surface area (Å²) in [5.41, 5.74) is 9.09. The highest BCUT2D eigenvalue weighted by Gasteiger charge is 2.13. The third-order valence-electron chi connectivity index (χ3n) is 5.92. The first-order valence-electron chi connectivity index (χ1n) is 11.5. The van der Waals surface area contributed by atoms with Gasteiger partial charge in [-0.05, 0) is 61.1 Å². The molecule has 0 aliphatic rings. The average Bonchev–Trinajstić information content (AvgIpc) is 2.78. The van der Waals surface area contributed by atoms with E-state index in [1.54, 1.807) is 0 Å². The summed E-state index contributed by atoms with van der Waals surface area (Å²) in [6, 6.07) is 22.0. The van der Waals surface area contributed by atoms with E-state index in [9.17, 15) is 0 Å². The van der Waals surface area contributed by atoms with E-state index in [1.165, 1.54) is 40.7 Å². The second-order valence-corrected chi connectivity index (χ2v) is 8.15. The van der Waals surface area contributed by atoms with E-state index in [1.807, 2.05) is 0 Å². The molecule has 30 heavy (non-hydrogen) atoms. The van der Waals surface area contributed by atoms with E-state index in [2.05, 4.69) is 93.3 Å². The van der Waals surface area contributed by atoms with Crippen LogP contribution in [0.15, 0.2) is 60.7 Å². The first-order valence-corrected chi connectivity index (χ1v) is 11.5. The normalized spacial score (nSPS) is 11.2. The number of aromatic nitrogens is 1. The predicted octanol–water partition coefficient (Wildman–Crippen LogP) is 6.98. The van der Waals surface area contributed by atoms with Crippen LogP contribution >= 0.6 is 0 Å². The zero-order valence-corrected chi connectivity index (χ0v) is 19.1. The average molecular weight is 401 g/mol. The van der Waals surface area contributed by atoms with Crippen LogP contribution < -0.4 is 0 Å². The van der Waals surface area contributed by atoms with Gasteiger partial charge < -0.3 is 0 Å². The molecular weight excluding hydrogens is 364 g/mol. The molecule has 0 bridgehead atoms. The van der Waals surface area contributed by atoms with Gasteiger partial charge in [0.25, 0.3) is 0 Å². The van der Waals surface area contributed by atoms with E-state index >= 15 is 0 Å². The summed E-state index contributed by atoms with van der Waals surface area (Å²) in [4.78, 5) is 7.63. The van der Waals surface area contributed by atoms with Crippen LogP contribution in [0.25, 0.3) is 11.3 Å². The van der Waals surface area contributed by atoms with Crippen LogP contribution in [-0.2, 0) is 25.9 Å². The van der Waals surface area contributed by atoms with Gasteiger partial charge in [0.05, 0.1) is 5.69 Å². The molecule has 2 nitrogen and oxygen atoms in total. The molecule has 3 aromatic rings. The smallest absolute Gasteiger partial charge is 0.0710 e. The third-order valence-corrected chi connectivity index (χ3v) is 5.92. The van der Waals surface area contributed by atoms with Crippen LogP contribution in [0.2, 0.25) is 0 Å². The van der Waals surface area contributed by atoms with Crippen molar-refractivity contribution < 1.29 is 0 Å². The van der Waals surface area contributed by atoms with Gasteiger partial charge in [-0.25, -0.2) is 0 Å². The topological polar surface area (TPSA) is 16.1 Å². The van der Waals surface area contributed by atoms with Crippen LogP contribution in [0.1, 0.15) is 61.6 Å². The lowest BCUT2D eigenvalue weighted by Gasteiger charge is -2.23. The van der Waals surface area contributed by atoms with Crippen molar-refractivity contribution >= 4 is 0 Å². The van der Waals surface area contributed by atoms with Crippen LogP contribution in [0, 0.1) is 6.92 Å². The molecule has 0 fully saturated rings. The molecule has 0 radical (unpaired) electrons. The summed E-state index contributed by atoms with van der Waals surface area (Å²) in [6.45, 7) is 11.9. The predicted molar refractivity (Wildman–Crippen MR) is 129 cm³/mol. The Morgan fingerprint density at radius 3 is 2.03 bits per heavy atom. The number of hydrogen-bond acceptors (Lipinski definition) is 2. The number of benzene rings is 2. The van der Waals surface area contributed by atoms with Crippen molar-refractivity contribution in [2.45, 2.75) is 66.5 Å².